The van der Waals surface area contributed by atoms with E-state index in [0.29, 0.717) is 24.7 Å². The van der Waals surface area contributed by atoms with Crippen molar-refractivity contribution in [2.75, 3.05) is 26.4 Å². The molecule has 0 atom stereocenters. The number of aromatic carboxylic acids is 1. The molecule has 6 nitrogen and oxygen atoms in total. The molecule has 0 heterocycles. The standard InChI is InChI=1S/C23H38O6/c24-15-9-5-1-3-7-11-17-28-20-13-14-22(21(19-20)23(26)27)29-18-12-8-4-2-6-10-16-25/h13-14,19,24-25H,1-12,15-18H2,(H,26,27). The van der Waals surface area contributed by atoms with E-state index in [2.05, 4.69) is 0 Å². The molecule has 0 aliphatic carbocycles. The van der Waals surface area contributed by atoms with Crippen LogP contribution in [0.5, 0.6) is 11.5 Å². The van der Waals surface area contributed by atoms with Gasteiger partial charge in [0.25, 0.3) is 0 Å². The smallest absolute Gasteiger partial charge is 0.339 e. The Kier molecular flexibility index (Phi) is 14.9. The molecule has 29 heavy (non-hydrogen) atoms. The van der Waals surface area contributed by atoms with Gasteiger partial charge >= 0.3 is 5.97 Å². The van der Waals surface area contributed by atoms with Crippen molar-refractivity contribution in [3.63, 3.8) is 0 Å². The fourth-order valence-corrected chi connectivity index (χ4v) is 3.11. The Morgan fingerprint density at radius 2 is 1.17 bits per heavy atom. The van der Waals surface area contributed by atoms with E-state index < -0.39 is 5.97 Å². The van der Waals surface area contributed by atoms with Crippen molar-refractivity contribution in [1.29, 1.82) is 0 Å². The Bertz CT molecular complexity index is 546. The highest BCUT2D eigenvalue weighted by Crippen LogP contribution is 2.25. The normalized spacial score (nSPS) is 10.8. The molecule has 0 radical (unpaired) electrons. The summed E-state index contributed by atoms with van der Waals surface area (Å²) in [6.45, 7) is 1.58. The molecular weight excluding hydrogens is 372 g/mol. The third kappa shape index (κ3) is 12.4. The van der Waals surface area contributed by atoms with Gasteiger partial charge in [0.15, 0.2) is 0 Å². The van der Waals surface area contributed by atoms with Crippen LogP contribution >= 0.6 is 0 Å². The second kappa shape index (κ2) is 17.1. The van der Waals surface area contributed by atoms with Crippen molar-refractivity contribution < 1.29 is 29.6 Å². The molecule has 0 spiro atoms. The van der Waals surface area contributed by atoms with E-state index in [0.717, 1.165) is 77.0 Å². The highest BCUT2D eigenvalue weighted by molar-refractivity contribution is 5.91. The first-order valence-corrected chi connectivity index (χ1v) is 11.0. The molecule has 0 aromatic heterocycles. The molecule has 3 N–H and O–H groups in total. The molecule has 0 saturated heterocycles. The maximum absolute atomic E-state index is 11.5. The molecule has 6 heteroatoms. The molecule has 0 unspecified atom stereocenters. The third-order valence-corrected chi connectivity index (χ3v) is 4.81. The molecule has 1 aromatic rings. The summed E-state index contributed by atoms with van der Waals surface area (Å²) in [5.74, 6) is -0.0775. The SMILES string of the molecule is O=C(O)c1cc(OCCCCCCCCO)ccc1OCCCCCCCCO. The first-order valence-electron chi connectivity index (χ1n) is 11.0. The zero-order valence-corrected chi connectivity index (χ0v) is 17.6. The Labute approximate surface area is 174 Å². The predicted molar refractivity (Wildman–Crippen MR) is 114 cm³/mol. The number of carboxylic acid groups (broad SMARTS) is 1. The minimum atomic E-state index is -1.02. The Balaban J connectivity index is 2.29. The highest BCUT2D eigenvalue weighted by Gasteiger charge is 2.13. The van der Waals surface area contributed by atoms with Crippen LogP contribution < -0.4 is 9.47 Å². The fourth-order valence-electron chi connectivity index (χ4n) is 3.11. The number of rotatable bonds is 19. The van der Waals surface area contributed by atoms with Gasteiger partial charge in [-0.05, 0) is 43.9 Å². The largest absolute Gasteiger partial charge is 0.494 e. The number of carbonyl (C=O) groups is 1. The van der Waals surface area contributed by atoms with Crippen molar-refractivity contribution in [1.82, 2.24) is 0 Å². The highest BCUT2D eigenvalue weighted by atomic mass is 16.5. The lowest BCUT2D eigenvalue weighted by atomic mass is 10.1. The minimum absolute atomic E-state index is 0.134. The number of benzene rings is 1. The molecule has 0 saturated carbocycles. The summed E-state index contributed by atoms with van der Waals surface area (Å²) < 4.78 is 11.4. The number of hydrogen-bond acceptors (Lipinski definition) is 5. The van der Waals surface area contributed by atoms with Gasteiger partial charge < -0.3 is 24.8 Å². The van der Waals surface area contributed by atoms with Crippen LogP contribution in [0.25, 0.3) is 0 Å². The third-order valence-electron chi connectivity index (χ3n) is 4.81. The molecule has 0 fully saturated rings. The summed E-state index contributed by atoms with van der Waals surface area (Å²) in [5, 5.41) is 26.9. The first-order chi connectivity index (χ1) is 14.2. The van der Waals surface area contributed by atoms with Crippen molar-refractivity contribution in [2.45, 2.75) is 77.0 Å². The second-order valence-electron chi connectivity index (χ2n) is 7.35. The van der Waals surface area contributed by atoms with Gasteiger partial charge in [-0.1, -0.05) is 51.4 Å². The molecule has 0 amide bonds. The zero-order chi connectivity index (χ0) is 21.2. The van der Waals surface area contributed by atoms with Crippen LogP contribution in [0.4, 0.5) is 0 Å². The van der Waals surface area contributed by atoms with Gasteiger partial charge in [0.05, 0.1) is 13.2 Å². The van der Waals surface area contributed by atoms with Crippen molar-refractivity contribution in [2.24, 2.45) is 0 Å². The topological polar surface area (TPSA) is 96.2 Å². The van der Waals surface area contributed by atoms with E-state index in [1.807, 2.05) is 0 Å². The van der Waals surface area contributed by atoms with E-state index in [1.54, 1.807) is 12.1 Å². The second-order valence-corrected chi connectivity index (χ2v) is 7.35. The van der Waals surface area contributed by atoms with Crippen LogP contribution in [0.3, 0.4) is 0 Å². The van der Waals surface area contributed by atoms with Crippen molar-refractivity contribution in [3.8, 4) is 11.5 Å². The summed E-state index contributed by atoms with van der Waals surface area (Å²) in [5.41, 5.74) is 0.134. The summed E-state index contributed by atoms with van der Waals surface area (Å²) in [6, 6.07) is 4.97. The summed E-state index contributed by atoms with van der Waals surface area (Å²) >= 11 is 0. The molecule has 166 valence electrons. The average molecular weight is 411 g/mol. The number of aliphatic hydroxyl groups is 2. The van der Waals surface area contributed by atoms with Crippen LogP contribution in [0.1, 0.15) is 87.4 Å². The number of aliphatic hydroxyl groups excluding tert-OH is 2. The van der Waals surface area contributed by atoms with E-state index in [-0.39, 0.29) is 18.8 Å². The molecule has 1 rings (SSSR count). The van der Waals surface area contributed by atoms with Gasteiger partial charge in [-0.2, -0.15) is 0 Å². The lowest BCUT2D eigenvalue weighted by molar-refractivity contribution is 0.0691. The average Bonchev–Trinajstić information content (AvgIpc) is 2.72. The van der Waals surface area contributed by atoms with Crippen LogP contribution in [0.15, 0.2) is 18.2 Å². The zero-order valence-electron chi connectivity index (χ0n) is 17.6. The molecule has 1 aromatic carbocycles. The maximum Gasteiger partial charge on any atom is 0.339 e. The molecular formula is C23H38O6. The van der Waals surface area contributed by atoms with Gasteiger partial charge in [-0.25, -0.2) is 4.79 Å². The first kappa shape index (κ1) is 25.2. The molecule has 0 bridgehead atoms. The van der Waals surface area contributed by atoms with Crippen LogP contribution in [-0.2, 0) is 0 Å². The van der Waals surface area contributed by atoms with Crippen molar-refractivity contribution >= 4 is 5.97 Å². The monoisotopic (exact) mass is 410 g/mol. The van der Waals surface area contributed by atoms with Crippen LogP contribution in [-0.4, -0.2) is 47.7 Å². The van der Waals surface area contributed by atoms with Crippen molar-refractivity contribution in [3.05, 3.63) is 23.8 Å². The Hall–Kier alpha value is -1.79. The van der Waals surface area contributed by atoms with Gasteiger partial charge in [0, 0.05) is 13.2 Å². The summed E-state index contributed by atoms with van der Waals surface area (Å²) in [7, 11) is 0. The van der Waals surface area contributed by atoms with Gasteiger partial charge in [0.2, 0.25) is 0 Å². The minimum Gasteiger partial charge on any atom is -0.494 e. The van der Waals surface area contributed by atoms with Gasteiger partial charge in [0.1, 0.15) is 17.1 Å². The fraction of sp³-hybridized carbons (Fsp3) is 0.696. The van der Waals surface area contributed by atoms with E-state index >= 15 is 0 Å². The maximum atomic E-state index is 11.5. The van der Waals surface area contributed by atoms with E-state index in [9.17, 15) is 9.90 Å². The van der Waals surface area contributed by atoms with Crippen LogP contribution in [0, 0.1) is 0 Å². The Morgan fingerprint density at radius 3 is 1.69 bits per heavy atom. The van der Waals surface area contributed by atoms with Gasteiger partial charge in [-0.15, -0.1) is 0 Å². The number of hydrogen-bond donors (Lipinski definition) is 3. The summed E-state index contributed by atoms with van der Waals surface area (Å²) in [6.07, 6.45) is 12.2. The number of ether oxygens (including phenoxy) is 2. The van der Waals surface area contributed by atoms with Crippen LogP contribution in [0.2, 0.25) is 0 Å². The number of carboxylic acids is 1. The number of unbranched alkanes of at least 4 members (excludes halogenated alkanes) is 10. The lowest BCUT2D eigenvalue weighted by Crippen LogP contribution is -2.06. The van der Waals surface area contributed by atoms with E-state index in [1.165, 1.54) is 6.07 Å². The van der Waals surface area contributed by atoms with Gasteiger partial charge in [-0.3, -0.25) is 0 Å². The Morgan fingerprint density at radius 1 is 0.690 bits per heavy atom. The van der Waals surface area contributed by atoms with E-state index in [4.69, 9.17) is 19.7 Å². The molecule has 0 aliphatic heterocycles. The molecule has 0 aliphatic rings. The lowest BCUT2D eigenvalue weighted by Gasteiger charge is -2.12. The quantitative estimate of drug-likeness (QED) is 0.283. The predicted octanol–water partition coefficient (Wildman–Crippen LogP) is 4.81. The summed E-state index contributed by atoms with van der Waals surface area (Å²) in [4.78, 5) is 11.5.